The van der Waals surface area contributed by atoms with Gasteiger partial charge in [-0.1, -0.05) is 36.4 Å². The van der Waals surface area contributed by atoms with Gasteiger partial charge in [0.05, 0.1) is 11.9 Å². The lowest BCUT2D eigenvalue weighted by Gasteiger charge is -2.28. The van der Waals surface area contributed by atoms with Crippen LogP contribution in [0.15, 0.2) is 54.7 Å². The molecule has 1 fully saturated rings. The third-order valence-corrected chi connectivity index (χ3v) is 9.01. The number of carbonyl (C=O) groups is 3. The zero-order chi connectivity index (χ0) is 31.7. The number of hydrogen-bond acceptors (Lipinski definition) is 9. The lowest BCUT2D eigenvalue weighted by Crippen LogP contribution is -2.47. The molecule has 0 bridgehead atoms. The van der Waals surface area contributed by atoms with Crippen molar-refractivity contribution in [2.24, 2.45) is 0 Å². The number of unbranched alkanes of at least 4 members (excludes halogenated alkanes) is 1. The highest BCUT2D eigenvalue weighted by atomic mass is 32.2. The van der Waals surface area contributed by atoms with Gasteiger partial charge < -0.3 is 29.9 Å². The zero-order valence-corrected chi connectivity index (χ0v) is 24.8. The van der Waals surface area contributed by atoms with Gasteiger partial charge in [-0.05, 0) is 36.8 Å². The number of ether oxygens (including phenoxy) is 2. The van der Waals surface area contributed by atoms with Gasteiger partial charge in [0.25, 0.3) is 0 Å². The topological polar surface area (TPSA) is 150 Å². The van der Waals surface area contributed by atoms with Crippen LogP contribution >= 0.6 is 11.8 Å². The maximum absolute atomic E-state index is 14.1. The molecule has 4 N–H and O–H groups in total. The molecule has 2 unspecified atom stereocenters. The van der Waals surface area contributed by atoms with Gasteiger partial charge in [0, 0.05) is 37.3 Å². The Morgan fingerprint density at radius 3 is 2.64 bits per heavy atom. The molecule has 0 radical (unpaired) electrons. The molecule has 2 aromatic carbocycles. The van der Waals surface area contributed by atoms with Gasteiger partial charge in [0.2, 0.25) is 0 Å². The lowest BCUT2D eigenvalue weighted by molar-refractivity contribution is -0.136. The fourth-order valence-corrected chi connectivity index (χ4v) is 6.11. The number of aliphatic hydroxyl groups is 2. The first kappa shape index (κ1) is 33.1. The van der Waals surface area contributed by atoms with E-state index in [2.05, 4.69) is 15.6 Å². The maximum Gasteiger partial charge on any atom is 0.412 e. The number of nitrogens with one attached hydrogen (secondary N) is 2. The second kappa shape index (κ2) is 15.2. The lowest BCUT2D eigenvalue weighted by atomic mass is 10.1. The summed E-state index contributed by atoms with van der Waals surface area (Å²) in [6.07, 6.45) is 1.29. The molecule has 0 saturated carbocycles. The van der Waals surface area contributed by atoms with Crippen molar-refractivity contribution in [1.82, 2.24) is 15.2 Å². The number of aliphatic hydroxyl groups excluding tert-OH is 2. The second-order valence-electron chi connectivity index (χ2n) is 10.1. The summed E-state index contributed by atoms with van der Waals surface area (Å²) >= 11 is 1.42. The number of rotatable bonds is 15. The van der Waals surface area contributed by atoms with E-state index in [0.29, 0.717) is 25.1 Å². The van der Waals surface area contributed by atoms with E-state index in [4.69, 9.17) is 14.6 Å². The predicted octanol–water partition coefficient (Wildman–Crippen LogP) is 3.82. The maximum atomic E-state index is 14.1. The predicted molar refractivity (Wildman–Crippen MR) is 160 cm³/mol. The standard InChI is InChI=1S/C30H34F2N4O7S/c1-36(28(40)34-15-21-9-6-10-22(31)27(21)32)30(11-4-5-12-42-24(17-38)23(39)16-37)25(44-30)18-43-29(41)35-26-13-19-7-2-3-8-20(19)14-33-26/h2-3,6-10,13-14,24-25,37-38H,4-5,11-12,15-18H2,1H3,(H,34,40)(H,33,35,41)/t24?,25?,30-/m0/s1. The van der Waals surface area contributed by atoms with Gasteiger partial charge in [-0.25, -0.2) is 23.4 Å². The highest BCUT2D eigenvalue weighted by molar-refractivity contribution is 8.08. The Morgan fingerprint density at radius 1 is 1.11 bits per heavy atom. The van der Waals surface area contributed by atoms with Gasteiger partial charge in [-0.3, -0.25) is 10.1 Å². The number of thioether (sulfide) groups is 1. The van der Waals surface area contributed by atoms with E-state index in [9.17, 15) is 28.3 Å². The zero-order valence-electron chi connectivity index (χ0n) is 24.0. The second-order valence-corrected chi connectivity index (χ2v) is 11.7. The van der Waals surface area contributed by atoms with Crippen LogP contribution in [0.4, 0.5) is 24.2 Å². The highest BCUT2D eigenvalue weighted by Gasteiger charge is 2.60. The number of pyridine rings is 1. The molecule has 1 saturated heterocycles. The molecular formula is C30H34F2N4O7S. The van der Waals surface area contributed by atoms with E-state index in [-0.39, 0.29) is 30.6 Å². The largest absolute Gasteiger partial charge is 0.448 e. The summed E-state index contributed by atoms with van der Waals surface area (Å²) in [7, 11) is 1.57. The summed E-state index contributed by atoms with van der Waals surface area (Å²) in [5.41, 5.74) is -0.00360. The first-order valence-corrected chi connectivity index (χ1v) is 14.8. The van der Waals surface area contributed by atoms with Crippen molar-refractivity contribution in [3.8, 4) is 0 Å². The van der Waals surface area contributed by atoms with Gasteiger partial charge >= 0.3 is 12.1 Å². The number of benzene rings is 2. The minimum Gasteiger partial charge on any atom is -0.448 e. The molecular weight excluding hydrogens is 598 g/mol. The van der Waals surface area contributed by atoms with E-state index in [1.165, 1.54) is 28.8 Å². The number of aromatic nitrogens is 1. The number of carbonyl (C=O) groups excluding carboxylic acids is 3. The van der Waals surface area contributed by atoms with Crippen LogP contribution in [0.3, 0.4) is 0 Å². The average Bonchev–Trinajstić information content (AvgIpc) is 3.75. The van der Waals surface area contributed by atoms with Crippen molar-refractivity contribution in [2.45, 2.75) is 42.0 Å². The SMILES string of the molecule is CN(C(=O)NCc1cccc(F)c1F)[C@@]1(CCCCOC(CO)C(=O)CO)SC1COC(=O)Nc1cc2ccccc2cn1. The summed E-state index contributed by atoms with van der Waals surface area (Å²) in [4.78, 5) is 42.2. The van der Waals surface area contributed by atoms with Crippen LogP contribution in [0.2, 0.25) is 0 Å². The molecule has 3 aromatic rings. The fraction of sp³-hybridized carbons (Fsp3) is 0.400. The van der Waals surface area contributed by atoms with Crippen LogP contribution in [0.25, 0.3) is 10.8 Å². The number of urea groups is 1. The van der Waals surface area contributed by atoms with Crippen LogP contribution in [0.5, 0.6) is 0 Å². The van der Waals surface area contributed by atoms with E-state index in [0.717, 1.165) is 16.8 Å². The molecule has 3 amide bonds. The number of nitrogens with zero attached hydrogens (tertiary/aromatic N) is 2. The van der Waals surface area contributed by atoms with Crippen LogP contribution in [0.1, 0.15) is 24.8 Å². The molecule has 2 heterocycles. The smallest absolute Gasteiger partial charge is 0.412 e. The van der Waals surface area contributed by atoms with Gasteiger partial charge in [0.1, 0.15) is 30.0 Å². The first-order chi connectivity index (χ1) is 21.2. The summed E-state index contributed by atoms with van der Waals surface area (Å²) in [5.74, 6) is -2.35. The molecule has 1 aliphatic rings. The Bertz CT molecular complexity index is 1480. The third kappa shape index (κ3) is 8.20. The number of amides is 3. The molecule has 11 nitrogen and oxygen atoms in total. The summed E-state index contributed by atoms with van der Waals surface area (Å²) in [6.45, 7) is -1.41. The molecule has 44 heavy (non-hydrogen) atoms. The monoisotopic (exact) mass is 632 g/mol. The van der Waals surface area contributed by atoms with Gasteiger partial charge in [-0.15, -0.1) is 11.8 Å². The van der Waals surface area contributed by atoms with Crippen LogP contribution in [0, 0.1) is 11.6 Å². The Kier molecular flexibility index (Phi) is 11.4. The van der Waals surface area contributed by atoms with Crippen molar-refractivity contribution in [3.63, 3.8) is 0 Å². The molecule has 1 aromatic heterocycles. The van der Waals surface area contributed by atoms with Crippen LogP contribution in [-0.4, -0.2) is 87.7 Å². The quantitative estimate of drug-likeness (QED) is 0.145. The number of Topliss-reactive ketones (excluding diaryl/α,β-unsaturated/α-hetero) is 1. The fourth-order valence-electron chi connectivity index (χ4n) is 4.70. The Morgan fingerprint density at radius 2 is 1.89 bits per heavy atom. The first-order valence-electron chi connectivity index (χ1n) is 14.0. The molecule has 0 spiro atoms. The van der Waals surface area contributed by atoms with Gasteiger partial charge in [-0.2, -0.15) is 0 Å². The Balaban J connectivity index is 1.35. The molecule has 4 rings (SSSR count). The van der Waals surface area contributed by atoms with E-state index in [1.807, 2.05) is 24.3 Å². The number of anilines is 1. The third-order valence-electron chi connectivity index (χ3n) is 7.28. The highest BCUT2D eigenvalue weighted by Crippen LogP contribution is 2.58. The molecule has 14 heteroatoms. The van der Waals surface area contributed by atoms with Crippen molar-refractivity contribution in [2.75, 3.05) is 38.8 Å². The Labute approximate surface area is 256 Å². The van der Waals surface area contributed by atoms with Crippen LogP contribution < -0.4 is 10.6 Å². The normalized spacial score (nSPS) is 18.0. The molecule has 1 aliphatic heterocycles. The van der Waals surface area contributed by atoms with Gasteiger partial charge in [0.15, 0.2) is 17.4 Å². The van der Waals surface area contributed by atoms with E-state index >= 15 is 0 Å². The molecule has 236 valence electrons. The van der Waals surface area contributed by atoms with Crippen molar-refractivity contribution < 1.29 is 42.9 Å². The molecule has 0 aliphatic carbocycles. The van der Waals surface area contributed by atoms with E-state index < -0.39 is 53.7 Å². The van der Waals surface area contributed by atoms with E-state index in [1.54, 1.807) is 19.3 Å². The minimum absolute atomic E-state index is 0.00360. The number of ketones is 1. The summed E-state index contributed by atoms with van der Waals surface area (Å²) < 4.78 is 38.5. The summed E-state index contributed by atoms with van der Waals surface area (Å²) in [6, 6.07) is 12.5. The van der Waals surface area contributed by atoms with Crippen LogP contribution in [-0.2, 0) is 20.8 Å². The van der Waals surface area contributed by atoms with Crippen molar-refractivity contribution in [3.05, 3.63) is 71.9 Å². The minimum atomic E-state index is -1.11. The number of hydrogen-bond donors (Lipinski definition) is 4. The number of halogens is 2. The average molecular weight is 633 g/mol. The Hall–Kier alpha value is -3.85. The molecule has 3 atom stereocenters. The summed E-state index contributed by atoms with van der Waals surface area (Å²) in [5, 5.41) is 25.0. The van der Waals surface area contributed by atoms with Crippen molar-refractivity contribution >= 4 is 46.3 Å². The number of fused-ring (bicyclic) bond motifs is 1. The van der Waals surface area contributed by atoms with Crippen molar-refractivity contribution in [1.29, 1.82) is 0 Å².